The molecular weight excluding hydrogens is 458 g/mol. The molecule has 2 fully saturated rings. The Morgan fingerprint density at radius 3 is 2.79 bits per heavy atom. The van der Waals surface area contributed by atoms with Gasteiger partial charge in [0.05, 0.1) is 11.3 Å². The summed E-state index contributed by atoms with van der Waals surface area (Å²) in [5.74, 6) is 1.53. The quantitative estimate of drug-likeness (QED) is 0.277. The number of rotatable bonds is 7. The molecule has 6 nitrogen and oxygen atoms in total. The molecule has 0 radical (unpaired) electrons. The molecule has 0 spiro atoms. The molecule has 1 aromatic carbocycles. The van der Waals surface area contributed by atoms with Crippen molar-refractivity contribution in [1.29, 1.82) is 0 Å². The molecule has 11 heteroatoms. The second-order valence-electron chi connectivity index (χ2n) is 8.85. The van der Waals surface area contributed by atoms with Gasteiger partial charge in [-0.1, -0.05) is 11.8 Å². The molecule has 0 bridgehead atoms. The molecule has 33 heavy (non-hydrogen) atoms. The minimum atomic E-state index is -4.54. The van der Waals surface area contributed by atoms with E-state index in [0.717, 1.165) is 48.6 Å². The summed E-state index contributed by atoms with van der Waals surface area (Å²) < 4.78 is 60.6. The number of thioether (sulfide) groups is 1. The fraction of sp³-hybridized carbons (Fsp3) is 0.500. The van der Waals surface area contributed by atoms with Gasteiger partial charge in [-0.15, -0.1) is 10.2 Å². The number of benzene rings is 1. The van der Waals surface area contributed by atoms with E-state index >= 15 is 0 Å². The standard InChI is InChI=1S/C22H23F4N5OS/c1-13-18(32-12-27-13)19-28-29-20(30(19)2)33-5-3-4-31-10-16-9-21(16,11-31)14-6-15(22(24,25)26)8-17(23)7-14/h6-8,12,16H,3-5,9-11H2,1-2H3/t16-,21+/m1/s1. The van der Waals surface area contributed by atoms with Crippen LogP contribution in [0.1, 0.15) is 29.7 Å². The summed E-state index contributed by atoms with van der Waals surface area (Å²) in [6.07, 6.45) is -1.44. The van der Waals surface area contributed by atoms with Crippen LogP contribution < -0.4 is 0 Å². The maximum absolute atomic E-state index is 13.9. The number of likely N-dealkylation sites (tertiary alicyclic amines) is 1. The van der Waals surface area contributed by atoms with Gasteiger partial charge in [-0.2, -0.15) is 13.2 Å². The summed E-state index contributed by atoms with van der Waals surface area (Å²) >= 11 is 1.59. The number of halogens is 4. The Morgan fingerprint density at radius 1 is 1.24 bits per heavy atom. The largest absolute Gasteiger partial charge is 0.440 e. The van der Waals surface area contributed by atoms with Gasteiger partial charge in [-0.3, -0.25) is 0 Å². The van der Waals surface area contributed by atoms with Gasteiger partial charge in [0.25, 0.3) is 0 Å². The summed E-state index contributed by atoms with van der Waals surface area (Å²) in [6, 6.07) is 2.98. The van der Waals surface area contributed by atoms with Gasteiger partial charge >= 0.3 is 6.18 Å². The molecule has 3 aromatic rings. The fourth-order valence-electron chi connectivity index (χ4n) is 4.85. The van der Waals surface area contributed by atoms with Crippen LogP contribution in [-0.4, -0.2) is 50.0 Å². The van der Waals surface area contributed by atoms with E-state index in [9.17, 15) is 17.6 Å². The van der Waals surface area contributed by atoms with Gasteiger partial charge in [0.1, 0.15) is 5.82 Å². The number of aryl methyl sites for hydroxylation is 1. The first-order chi connectivity index (χ1) is 15.7. The minimum absolute atomic E-state index is 0.291. The second kappa shape index (κ2) is 8.12. The highest BCUT2D eigenvalue weighted by molar-refractivity contribution is 7.99. The normalized spacial score (nSPS) is 22.7. The van der Waals surface area contributed by atoms with Crippen molar-refractivity contribution in [3.8, 4) is 11.6 Å². The zero-order valence-electron chi connectivity index (χ0n) is 18.2. The van der Waals surface area contributed by atoms with E-state index in [1.807, 2.05) is 18.5 Å². The number of alkyl halides is 3. The highest BCUT2D eigenvalue weighted by Crippen LogP contribution is 2.59. The van der Waals surface area contributed by atoms with E-state index in [0.29, 0.717) is 35.7 Å². The maximum Gasteiger partial charge on any atom is 0.416 e. The topological polar surface area (TPSA) is 60.0 Å². The Balaban J connectivity index is 1.16. The van der Waals surface area contributed by atoms with Crippen molar-refractivity contribution < 1.29 is 22.0 Å². The maximum atomic E-state index is 13.9. The molecule has 2 aliphatic rings. The van der Waals surface area contributed by atoms with Gasteiger partial charge in [0.15, 0.2) is 17.3 Å². The van der Waals surface area contributed by atoms with Crippen LogP contribution in [0.3, 0.4) is 0 Å². The molecule has 3 heterocycles. The molecule has 0 amide bonds. The molecule has 0 N–H and O–H groups in total. The monoisotopic (exact) mass is 481 g/mol. The van der Waals surface area contributed by atoms with Crippen molar-refractivity contribution in [3.05, 3.63) is 47.2 Å². The van der Waals surface area contributed by atoms with Gasteiger partial charge in [-0.05, 0) is 56.0 Å². The van der Waals surface area contributed by atoms with Crippen LogP contribution >= 0.6 is 11.8 Å². The van der Waals surface area contributed by atoms with E-state index < -0.39 is 17.6 Å². The zero-order chi connectivity index (χ0) is 23.4. The number of aromatic nitrogens is 4. The second-order valence-corrected chi connectivity index (χ2v) is 9.91. The molecule has 2 atom stereocenters. The highest BCUT2D eigenvalue weighted by atomic mass is 32.2. The van der Waals surface area contributed by atoms with Gasteiger partial charge < -0.3 is 13.9 Å². The van der Waals surface area contributed by atoms with E-state index in [1.54, 1.807) is 11.8 Å². The number of hydrogen-bond donors (Lipinski definition) is 0. The molecule has 2 aromatic heterocycles. The number of nitrogens with zero attached hydrogens (tertiary/aromatic N) is 5. The van der Waals surface area contributed by atoms with Crippen LogP contribution in [0, 0.1) is 18.7 Å². The van der Waals surface area contributed by atoms with Crippen LogP contribution in [0.15, 0.2) is 34.2 Å². The lowest BCUT2D eigenvalue weighted by Crippen LogP contribution is -2.28. The molecule has 5 rings (SSSR count). The number of fused-ring (bicyclic) bond motifs is 1. The van der Waals surface area contributed by atoms with Crippen molar-refractivity contribution in [3.63, 3.8) is 0 Å². The molecule has 1 aliphatic carbocycles. The van der Waals surface area contributed by atoms with Crippen molar-refractivity contribution in [2.75, 3.05) is 25.4 Å². The Bertz CT molecular complexity index is 1180. The average Bonchev–Trinajstić information content (AvgIpc) is 3.05. The summed E-state index contributed by atoms with van der Waals surface area (Å²) in [4.78, 5) is 6.36. The molecular formula is C22H23F4N5OS. The molecule has 0 unspecified atom stereocenters. The SMILES string of the molecule is Cc1ncoc1-c1nnc(SCCCN2C[C@H]3C[C@@]3(c3cc(F)cc(C(F)(F)F)c3)C2)n1C. The lowest BCUT2D eigenvalue weighted by molar-refractivity contribution is -0.137. The molecule has 1 saturated carbocycles. The van der Waals surface area contributed by atoms with Crippen LogP contribution in [-0.2, 0) is 18.6 Å². The minimum Gasteiger partial charge on any atom is -0.440 e. The van der Waals surface area contributed by atoms with E-state index in [2.05, 4.69) is 20.1 Å². The van der Waals surface area contributed by atoms with Crippen molar-refractivity contribution >= 4 is 11.8 Å². The fourth-order valence-corrected chi connectivity index (χ4v) is 5.69. The van der Waals surface area contributed by atoms with Crippen LogP contribution in [0.2, 0.25) is 0 Å². The van der Waals surface area contributed by atoms with E-state index in [-0.39, 0.29) is 5.41 Å². The van der Waals surface area contributed by atoms with Gasteiger partial charge in [0, 0.05) is 31.3 Å². The summed E-state index contributed by atoms with van der Waals surface area (Å²) in [6.45, 7) is 4.18. The predicted octanol–water partition coefficient (Wildman–Crippen LogP) is 4.69. The average molecular weight is 482 g/mol. The Morgan fingerprint density at radius 2 is 2.06 bits per heavy atom. The number of oxazole rings is 1. The van der Waals surface area contributed by atoms with Crippen molar-refractivity contribution in [2.24, 2.45) is 13.0 Å². The first-order valence-corrected chi connectivity index (χ1v) is 11.7. The third kappa shape index (κ3) is 4.16. The number of piperidine rings is 1. The first kappa shape index (κ1) is 22.4. The van der Waals surface area contributed by atoms with E-state index in [1.165, 1.54) is 12.5 Å². The third-order valence-corrected chi connectivity index (χ3v) is 7.76. The third-order valence-electron chi connectivity index (χ3n) is 6.65. The first-order valence-electron chi connectivity index (χ1n) is 10.7. The highest BCUT2D eigenvalue weighted by Gasteiger charge is 2.60. The van der Waals surface area contributed by atoms with Crippen LogP contribution in [0.5, 0.6) is 0 Å². The van der Waals surface area contributed by atoms with Crippen LogP contribution in [0.4, 0.5) is 17.6 Å². The lowest BCUT2D eigenvalue weighted by atomic mass is 9.93. The smallest absolute Gasteiger partial charge is 0.416 e. The lowest BCUT2D eigenvalue weighted by Gasteiger charge is -2.21. The van der Waals surface area contributed by atoms with Gasteiger partial charge in [-0.25, -0.2) is 9.37 Å². The Hall–Kier alpha value is -2.40. The van der Waals surface area contributed by atoms with Gasteiger partial charge in [0.2, 0.25) is 5.82 Å². The summed E-state index contributed by atoms with van der Waals surface area (Å²) in [5, 5.41) is 9.22. The molecule has 176 valence electrons. The number of hydrogen-bond acceptors (Lipinski definition) is 6. The van der Waals surface area contributed by atoms with Crippen LogP contribution in [0.25, 0.3) is 11.6 Å². The van der Waals surface area contributed by atoms with Crippen molar-refractivity contribution in [2.45, 2.75) is 36.5 Å². The zero-order valence-corrected chi connectivity index (χ0v) is 19.0. The summed E-state index contributed by atoms with van der Waals surface area (Å²) in [7, 11) is 1.88. The molecule has 1 saturated heterocycles. The molecule has 1 aliphatic heterocycles. The Kier molecular flexibility index (Phi) is 5.51. The predicted molar refractivity (Wildman–Crippen MR) is 114 cm³/mol. The van der Waals surface area contributed by atoms with Crippen molar-refractivity contribution in [1.82, 2.24) is 24.6 Å². The van der Waals surface area contributed by atoms with E-state index in [4.69, 9.17) is 4.42 Å². The Labute approximate surface area is 192 Å². The summed E-state index contributed by atoms with van der Waals surface area (Å²) in [5.41, 5.74) is -0.0194.